The van der Waals surface area contributed by atoms with Gasteiger partial charge in [0.25, 0.3) is 0 Å². The maximum Gasteiger partial charge on any atom is 0.173 e. The van der Waals surface area contributed by atoms with E-state index in [2.05, 4.69) is 15.9 Å². The van der Waals surface area contributed by atoms with E-state index in [4.69, 9.17) is 0 Å². The second-order valence-corrected chi connectivity index (χ2v) is 4.40. The Hall–Kier alpha value is -0.480. The zero-order valence-electron chi connectivity index (χ0n) is 7.30. The highest BCUT2D eigenvalue weighted by Gasteiger charge is 2.33. The molecule has 1 aromatic carbocycles. The lowest BCUT2D eigenvalue weighted by atomic mass is 10.0. The van der Waals surface area contributed by atoms with Gasteiger partial charge in [-0.15, -0.1) is 0 Å². The van der Waals surface area contributed by atoms with Crippen molar-refractivity contribution in [1.29, 1.82) is 0 Å². The molecule has 0 saturated heterocycles. The molecule has 1 aliphatic carbocycles. The molecule has 1 atom stereocenters. The Morgan fingerprint density at radius 2 is 1.93 bits per heavy atom. The SMILES string of the molecule is OC(c1ccc(Br)c(F)c1F)C1CC1. The molecule has 1 unspecified atom stereocenters. The molecule has 4 heteroatoms. The van der Waals surface area contributed by atoms with Crippen molar-refractivity contribution in [2.75, 3.05) is 0 Å². The van der Waals surface area contributed by atoms with Gasteiger partial charge in [0.1, 0.15) is 0 Å². The molecule has 1 aromatic rings. The Morgan fingerprint density at radius 3 is 2.50 bits per heavy atom. The Labute approximate surface area is 88.9 Å². The van der Waals surface area contributed by atoms with Crippen LogP contribution in [-0.4, -0.2) is 5.11 Å². The molecule has 1 nitrogen and oxygen atoms in total. The van der Waals surface area contributed by atoms with Crippen molar-refractivity contribution in [1.82, 2.24) is 0 Å². The predicted octanol–water partition coefficient (Wildman–Crippen LogP) is 3.17. The fraction of sp³-hybridized carbons (Fsp3) is 0.400. The topological polar surface area (TPSA) is 20.2 Å². The van der Waals surface area contributed by atoms with Crippen LogP contribution < -0.4 is 0 Å². The fourth-order valence-electron chi connectivity index (χ4n) is 1.44. The van der Waals surface area contributed by atoms with E-state index in [0.717, 1.165) is 12.8 Å². The number of aliphatic hydroxyl groups excluding tert-OH is 1. The van der Waals surface area contributed by atoms with E-state index < -0.39 is 17.7 Å². The van der Waals surface area contributed by atoms with Gasteiger partial charge >= 0.3 is 0 Å². The summed E-state index contributed by atoms with van der Waals surface area (Å²) in [6.45, 7) is 0. The van der Waals surface area contributed by atoms with Crippen molar-refractivity contribution >= 4 is 15.9 Å². The maximum absolute atomic E-state index is 13.3. The molecule has 0 aliphatic heterocycles. The van der Waals surface area contributed by atoms with Crippen LogP contribution in [0, 0.1) is 17.6 Å². The van der Waals surface area contributed by atoms with Crippen LogP contribution in [0.3, 0.4) is 0 Å². The molecule has 0 spiro atoms. The van der Waals surface area contributed by atoms with Crippen LogP contribution in [-0.2, 0) is 0 Å². The molecule has 2 rings (SSSR count). The Balaban J connectivity index is 2.38. The lowest BCUT2D eigenvalue weighted by Gasteiger charge is -2.11. The lowest BCUT2D eigenvalue weighted by Crippen LogP contribution is -2.04. The normalized spacial score (nSPS) is 18.3. The fourth-order valence-corrected chi connectivity index (χ4v) is 1.74. The van der Waals surface area contributed by atoms with E-state index in [1.807, 2.05) is 0 Å². The smallest absolute Gasteiger partial charge is 0.173 e. The molecule has 0 bridgehead atoms. The molecule has 0 heterocycles. The third-order valence-corrected chi connectivity index (χ3v) is 3.06. The summed E-state index contributed by atoms with van der Waals surface area (Å²) in [6.07, 6.45) is 0.911. The number of halogens is 3. The second kappa shape index (κ2) is 3.59. The molecule has 0 radical (unpaired) electrons. The zero-order chi connectivity index (χ0) is 10.3. The van der Waals surface area contributed by atoms with Gasteiger partial charge in [0.05, 0.1) is 10.6 Å². The highest BCUT2D eigenvalue weighted by atomic mass is 79.9. The standard InChI is InChI=1S/C10H9BrF2O/c11-7-4-3-6(8(12)9(7)13)10(14)5-1-2-5/h3-5,10,14H,1-2H2. The van der Waals surface area contributed by atoms with E-state index in [-0.39, 0.29) is 16.0 Å². The summed E-state index contributed by atoms with van der Waals surface area (Å²) < 4.78 is 26.5. The number of rotatable bonds is 2. The molecule has 0 amide bonds. The minimum Gasteiger partial charge on any atom is -0.388 e. The highest BCUT2D eigenvalue weighted by Crippen LogP contribution is 2.42. The van der Waals surface area contributed by atoms with Gasteiger partial charge in [-0.05, 0) is 40.8 Å². The van der Waals surface area contributed by atoms with E-state index in [9.17, 15) is 13.9 Å². The van der Waals surface area contributed by atoms with Gasteiger partial charge in [0.15, 0.2) is 11.6 Å². The first kappa shape index (κ1) is 10.1. The molecule has 1 aliphatic rings. The summed E-state index contributed by atoms with van der Waals surface area (Å²) in [5, 5.41) is 9.63. The summed E-state index contributed by atoms with van der Waals surface area (Å²) in [7, 11) is 0. The molecule has 1 saturated carbocycles. The summed E-state index contributed by atoms with van der Waals surface area (Å²) in [4.78, 5) is 0. The zero-order valence-corrected chi connectivity index (χ0v) is 8.89. The van der Waals surface area contributed by atoms with Gasteiger partial charge in [-0.2, -0.15) is 0 Å². The van der Waals surface area contributed by atoms with Crippen LogP contribution in [0.15, 0.2) is 16.6 Å². The van der Waals surface area contributed by atoms with E-state index in [1.54, 1.807) is 0 Å². The summed E-state index contributed by atoms with van der Waals surface area (Å²) in [5.41, 5.74) is 0.0631. The quantitative estimate of drug-likeness (QED) is 0.812. The first-order chi connectivity index (χ1) is 6.61. The number of hydrogen-bond donors (Lipinski definition) is 1. The molecule has 1 fully saturated rings. The maximum atomic E-state index is 13.3. The van der Waals surface area contributed by atoms with Gasteiger partial charge in [-0.25, -0.2) is 8.78 Å². The average molecular weight is 263 g/mol. The van der Waals surface area contributed by atoms with E-state index in [0.29, 0.717) is 0 Å². The first-order valence-electron chi connectivity index (χ1n) is 4.42. The Morgan fingerprint density at radius 1 is 1.29 bits per heavy atom. The van der Waals surface area contributed by atoms with Gasteiger partial charge in [0, 0.05) is 5.56 Å². The third kappa shape index (κ3) is 1.68. The number of benzene rings is 1. The summed E-state index contributed by atoms with van der Waals surface area (Å²) in [5.74, 6) is -1.77. The second-order valence-electron chi connectivity index (χ2n) is 3.55. The van der Waals surface area contributed by atoms with Gasteiger partial charge in [-0.3, -0.25) is 0 Å². The average Bonchev–Trinajstić information content (AvgIpc) is 2.97. The van der Waals surface area contributed by atoms with Crippen molar-refractivity contribution in [3.05, 3.63) is 33.8 Å². The Kier molecular flexibility index (Phi) is 2.58. The molecule has 14 heavy (non-hydrogen) atoms. The van der Waals surface area contributed by atoms with Crippen molar-refractivity contribution in [3.63, 3.8) is 0 Å². The van der Waals surface area contributed by atoms with Crippen LogP contribution >= 0.6 is 15.9 Å². The number of hydrogen-bond acceptors (Lipinski definition) is 1. The van der Waals surface area contributed by atoms with Gasteiger partial charge in [0.2, 0.25) is 0 Å². The first-order valence-corrected chi connectivity index (χ1v) is 5.22. The minimum absolute atomic E-state index is 0.0631. The van der Waals surface area contributed by atoms with Crippen LogP contribution in [0.5, 0.6) is 0 Å². The predicted molar refractivity (Wildman–Crippen MR) is 51.7 cm³/mol. The van der Waals surface area contributed by atoms with Crippen molar-refractivity contribution in [2.24, 2.45) is 5.92 Å². The largest absolute Gasteiger partial charge is 0.388 e. The van der Waals surface area contributed by atoms with Crippen molar-refractivity contribution < 1.29 is 13.9 Å². The van der Waals surface area contributed by atoms with E-state index in [1.165, 1.54) is 12.1 Å². The molecule has 1 N–H and O–H groups in total. The Bertz CT molecular complexity index is 363. The van der Waals surface area contributed by atoms with Gasteiger partial charge < -0.3 is 5.11 Å². The summed E-state index contributed by atoms with van der Waals surface area (Å²) >= 11 is 2.89. The lowest BCUT2D eigenvalue weighted by molar-refractivity contribution is 0.148. The molecular formula is C10H9BrF2O. The van der Waals surface area contributed by atoms with Gasteiger partial charge in [-0.1, -0.05) is 6.07 Å². The van der Waals surface area contributed by atoms with E-state index >= 15 is 0 Å². The van der Waals surface area contributed by atoms with Crippen molar-refractivity contribution in [3.8, 4) is 0 Å². The molecule has 0 aromatic heterocycles. The van der Waals surface area contributed by atoms with Crippen LogP contribution in [0.2, 0.25) is 0 Å². The molecule has 76 valence electrons. The highest BCUT2D eigenvalue weighted by molar-refractivity contribution is 9.10. The molecular weight excluding hydrogens is 254 g/mol. The van der Waals surface area contributed by atoms with Crippen LogP contribution in [0.4, 0.5) is 8.78 Å². The monoisotopic (exact) mass is 262 g/mol. The van der Waals surface area contributed by atoms with Crippen LogP contribution in [0.25, 0.3) is 0 Å². The summed E-state index contributed by atoms with van der Waals surface area (Å²) in [6, 6.07) is 2.84. The third-order valence-electron chi connectivity index (χ3n) is 2.45. The van der Waals surface area contributed by atoms with Crippen LogP contribution in [0.1, 0.15) is 24.5 Å². The number of aliphatic hydroxyl groups is 1. The minimum atomic E-state index is -0.946. The van der Waals surface area contributed by atoms with Crippen molar-refractivity contribution in [2.45, 2.75) is 18.9 Å².